The maximum Gasteiger partial charge on any atom is 0.255 e. The molecule has 2 amide bonds. The highest BCUT2D eigenvalue weighted by molar-refractivity contribution is 6.52. The second-order valence-corrected chi connectivity index (χ2v) is 17.6. The van der Waals surface area contributed by atoms with Crippen LogP contribution in [-0.2, 0) is 15.6 Å². The van der Waals surface area contributed by atoms with Crippen molar-refractivity contribution in [2.75, 3.05) is 28.6 Å². The fourth-order valence-corrected chi connectivity index (χ4v) is 8.90. The van der Waals surface area contributed by atoms with Gasteiger partial charge in [0.2, 0.25) is 11.1 Å². The van der Waals surface area contributed by atoms with E-state index in [1.54, 1.807) is 24.3 Å². The number of fused-ring (bicyclic) bond motifs is 2. The number of carbonyl (C=O) groups excluding carboxylic acids is 3. The summed E-state index contributed by atoms with van der Waals surface area (Å²) in [6.45, 7) is 23.7. The minimum absolute atomic E-state index is 0.141. The lowest BCUT2D eigenvalue weighted by atomic mass is 9.70. The maximum absolute atomic E-state index is 14.8. The van der Waals surface area contributed by atoms with E-state index in [0.717, 1.165) is 48.1 Å². The van der Waals surface area contributed by atoms with E-state index in [2.05, 4.69) is 89.3 Å². The van der Waals surface area contributed by atoms with Crippen molar-refractivity contribution in [3.8, 4) is 0 Å². The van der Waals surface area contributed by atoms with Crippen LogP contribution in [0.5, 0.6) is 0 Å². The Bertz CT molecular complexity index is 2460. The van der Waals surface area contributed by atoms with Crippen molar-refractivity contribution in [1.29, 1.82) is 0 Å². The van der Waals surface area contributed by atoms with Crippen LogP contribution in [0.3, 0.4) is 0 Å². The largest absolute Gasteiger partial charge is 0.506 e. The second-order valence-electron chi connectivity index (χ2n) is 17.6. The molecule has 0 radical (unpaired) electrons. The number of hydrogen-bond donors (Lipinski definition) is 3. The Morgan fingerprint density at radius 1 is 0.696 bits per heavy atom. The van der Waals surface area contributed by atoms with E-state index in [4.69, 9.17) is 0 Å². The first kappa shape index (κ1) is 38.8. The molecular weight excluding hydrogens is 697 g/mol. The molecule has 4 aromatic rings. The second kappa shape index (κ2) is 13.6. The molecule has 56 heavy (non-hydrogen) atoms. The van der Waals surface area contributed by atoms with Gasteiger partial charge in [0, 0.05) is 77.0 Å². The van der Waals surface area contributed by atoms with E-state index in [0.29, 0.717) is 33.3 Å². The highest BCUT2D eigenvalue weighted by Gasteiger charge is 2.54. The third-order valence-electron chi connectivity index (χ3n) is 13.5. The summed E-state index contributed by atoms with van der Waals surface area (Å²) < 4.78 is 2.38. The number of carbonyl (C=O) groups is 3. The minimum atomic E-state index is -0.353. The lowest BCUT2D eigenvalue weighted by Crippen LogP contribution is -2.51. The summed E-state index contributed by atoms with van der Waals surface area (Å²) in [5.74, 6) is -1.14. The number of benzene rings is 4. The first-order valence-electron chi connectivity index (χ1n) is 19.9. The molecule has 3 N–H and O–H groups in total. The zero-order valence-electron chi connectivity index (χ0n) is 34.5. The monoisotopic (exact) mass is 751 g/mol. The molecule has 1 aliphatic carbocycles. The lowest BCUT2D eigenvalue weighted by Gasteiger charge is -2.42. The van der Waals surface area contributed by atoms with Crippen molar-refractivity contribution in [3.63, 3.8) is 0 Å². The number of ketones is 1. The number of nitrogens with one attached hydrogen (secondary N) is 2. The Labute approximate surface area is 330 Å². The number of amides is 2. The highest BCUT2D eigenvalue weighted by Crippen LogP contribution is 2.54. The van der Waals surface area contributed by atoms with E-state index in [1.165, 1.54) is 0 Å². The number of aliphatic hydroxyl groups is 1. The first-order valence-corrected chi connectivity index (χ1v) is 19.9. The molecule has 0 bridgehead atoms. The highest BCUT2D eigenvalue weighted by atomic mass is 16.3. The average molecular weight is 752 g/mol. The van der Waals surface area contributed by atoms with Gasteiger partial charge in [0.15, 0.2) is 5.54 Å². The Hall–Kier alpha value is -5.50. The van der Waals surface area contributed by atoms with Crippen LogP contribution in [0.15, 0.2) is 90.7 Å². The molecule has 0 saturated carbocycles. The first-order chi connectivity index (χ1) is 26.4. The standard InChI is InChI=1S/C48H54N4O4/c1-11-23-51-37-27-35(49-43(55)29-19-15-13-16-20-29)31(25-33(37)45(3,4)47(51,7)8)39-41(53)40(42(39)54)32-26-34-38(52(24-12-2)48(9,10)46(34,5)6)28-36(32)50-44(56)30-21-17-14-18-22-30/h13-22,25-28H,11-12,23-24H2,1-10H3,(H2,49,50,53,54,55,56)/p+1. The van der Waals surface area contributed by atoms with Gasteiger partial charge in [0.25, 0.3) is 11.8 Å². The van der Waals surface area contributed by atoms with Gasteiger partial charge in [-0.1, -0.05) is 64.1 Å². The van der Waals surface area contributed by atoms with Crippen LogP contribution in [0.4, 0.5) is 17.1 Å². The number of aliphatic hydroxyl groups excluding tert-OH is 1. The van der Waals surface area contributed by atoms with Crippen molar-refractivity contribution in [2.45, 2.75) is 104 Å². The van der Waals surface area contributed by atoms with Crippen LogP contribution >= 0.6 is 0 Å². The smallest absolute Gasteiger partial charge is 0.255 e. The van der Waals surface area contributed by atoms with Crippen LogP contribution in [0.25, 0.3) is 11.1 Å². The molecule has 2 heterocycles. The van der Waals surface area contributed by atoms with Crippen LogP contribution in [-0.4, -0.2) is 46.9 Å². The van der Waals surface area contributed by atoms with Gasteiger partial charge >= 0.3 is 0 Å². The van der Waals surface area contributed by atoms with E-state index >= 15 is 0 Å². The molecule has 0 saturated heterocycles. The molecule has 8 nitrogen and oxygen atoms in total. The molecule has 0 atom stereocenters. The van der Waals surface area contributed by atoms with Crippen molar-refractivity contribution in [2.24, 2.45) is 0 Å². The van der Waals surface area contributed by atoms with Gasteiger partial charge in [-0.25, -0.2) is 4.58 Å². The molecule has 0 fully saturated rings. The molecule has 290 valence electrons. The Morgan fingerprint density at radius 2 is 1.27 bits per heavy atom. The van der Waals surface area contributed by atoms with Gasteiger partial charge in [-0.15, -0.1) is 0 Å². The summed E-state index contributed by atoms with van der Waals surface area (Å²) in [6, 6.07) is 25.9. The van der Waals surface area contributed by atoms with Gasteiger partial charge in [0.1, 0.15) is 12.3 Å². The van der Waals surface area contributed by atoms with E-state index in [1.807, 2.05) is 60.7 Å². The van der Waals surface area contributed by atoms with E-state index < -0.39 is 0 Å². The summed E-state index contributed by atoms with van der Waals surface area (Å²) in [5.41, 5.74) is 4.48. The Morgan fingerprint density at radius 3 is 1.80 bits per heavy atom. The van der Waals surface area contributed by atoms with Gasteiger partial charge in [-0.3, -0.25) is 14.4 Å². The maximum atomic E-state index is 14.8. The summed E-state index contributed by atoms with van der Waals surface area (Å²) in [5, 5.41) is 19.9. The molecule has 7 rings (SSSR count). The number of allylic oxidation sites excluding steroid dienone is 2. The number of hydrogen-bond acceptors (Lipinski definition) is 5. The number of rotatable bonds is 9. The van der Waals surface area contributed by atoms with E-state index in [9.17, 15) is 19.5 Å². The topological polar surface area (TPSA) is 102 Å². The summed E-state index contributed by atoms with van der Waals surface area (Å²) in [7, 11) is 0. The molecule has 8 heteroatoms. The molecular formula is C48H55N4O4+. The van der Waals surface area contributed by atoms with Gasteiger partial charge < -0.3 is 20.6 Å². The zero-order valence-corrected chi connectivity index (χ0v) is 34.5. The molecule has 0 unspecified atom stereocenters. The Balaban J connectivity index is 1.48. The molecule has 3 aliphatic rings. The molecule has 0 spiro atoms. The van der Waals surface area contributed by atoms with Crippen LogP contribution < -0.4 is 30.7 Å². The van der Waals surface area contributed by atoms with Crippen molar-refractivity contribution < 1.29 is 19.5 Å². The molecule has 4 aromatic carbocycles. The van der Waals surface area contributed by atoms with Gasteiger partial charge in [-0.05, 0) is 82.1 Å². The number of nitrogens with zero attached hydrogens (tertiary/aromatic N) is 2. The quantitative estimate of drug-likeness (QED) is 0.150. The predicted molar refractivity (Wildman–Crippen MR) is 227 cm³/mol. The number of Topliss-reactive ketones (excluding diaryl/α,β-unsaturated/α-hetero) is 1. The summed E-state index contributed by atoms with van der Waals surface area (Å²) in [4.78, 5) is 44.6. The number of anilines is 3. The SMILES string of the molecule is CCCN1c2cc(NC(=O)c3ccccc3)c(C3=C(O)/C(=c4/cc5c(cc4NC(=O)c4ccccc4)=[N+](CCC)C(C)(C)C5(C)C)C3=O)cc2C(C)(C)C1(C)C. The van der Waals surface area contributed by atoms with Crippen LogP contribution in [0.2, 0.25) is 0 Å². The molecule has 0 aromatic heterocycles. The van der Waals surface area contributed by atoms with Crippen molar-refractivity contribution >= 4 is 45.8 Å². The predicted octanol–water partition coefficient (Wildman–Crippen LogP) is 8.15. The minimum Gasteiger partial charge on any atom is -0.506 e. The third-order valence-corrected chi connectivity index (χ3v) is 13.5. The Kier molecular flexibility index (Phi) is 9.42. The lowest BCUT2D eigenvalue weighted by molar-refractivity contribution is -0.109. The van der Waals surface area contributed by atoms with Gasteiger partial charge in [-0.2, -0.15) is 0 Å². The molecule has 2 aliphatic heterocycles. The third kappa shape index (κ3) is 5.70. The zero-order chi connectivity index (χ0) is 40.5. The van der Waals surface area contributed by atoms with Crippen LogP contribution in [0.1, 0.15) is 119 Å². The van der Waals surface area contributed by atoms with Crippen LogP contribution in [0, 0.1) is 0 Å². The van der Waals surface area contributed by atoms with Crippen molar-refractivity contribution in [1.82, 2.24) is 4.58 Å². The van der Waals surface area contributed by atoms with E-state index in [-0.39, 0.29) is 56.4 Å². The van der Waals surface area contributed by atoms with Crippen molar-refractivity contribution in [3.05, 3.63) is 129 Å². The summed E-state index contributed by atoms with van der Waals surface area (Å²) >= 11 is 0. The fraction of sp³-hybridized carbons (Fsp3) is 0.375. The summed E-state index contributed by atoms with van der Waals surface area (Å²) in [6.07, 6.45) is 1.87. The normalized spacial score (nSPS) is 19.4. The average Bonchev–Trinajstić information content (AvgIpc) is 3.40. The fourth-order valence-electron chi connectivity index (χ4n) is 8.90. The van der Waals surface area contributed by atoms with Gasteiger partial charge in [0.05, 0.1) is 27.9 Å².